The molecule has 0 saturated carbocycles. The fourth-order valence-electron chi connectivity index (χ4n) is 2.62. The summed E-state index contributed by atoms with van der Waals surface area (Å²) in [4.78, 5) is 29.0. The number of benzene rings is 1. The number of nitrogens with zero attached hydrogens (tertiary/aromatic N) is 3. The lowest BCUT2D eigenvalue weighted by Gasteiger charge is -2.16. The summed E-state index contributed by atoms with van der Waals surface area (Å²) in [6.45, 7) is 5.58. The Kier molecular flexibility index (Phi) is 5.49. The topological polar surface area (TPSA) is 86.1 Å². The molecule has 0 aliphatic heterocycles. The number of hydrogen-bond acceptors (Lipinski definition) is 5. The Hall–Kier alpha value is -3.22. The van der Waals surface area contributed by atoms with Crippen molar-refractivity contribution in [3.63, 3.8) is 0 Å². The Morgan fingerprint density at radius 1 is 1.15 bits per heavy atom. The maximum atomic E-state index is 12.4. The van der Waals surface area contributed by atoms with Gasteiger partial charge in [-0.3, -0.25) is 4.79 Å². The van der Waals surface area contributed by atoms with E-state index in [1.807, 2.05) is 38.1 Å². The third-order valence-electron chi connectivity index (χ3n) is 4.39. The first-order chi connectivity index (χ1) is 13.0. The zero-order valence-electron chi connectivity index (χ0n) is 15.5. The zero-order chi connectivity index (χ0) is 19.4. The van der Waals surface area contributed by atoms with Crippen LogP contribution in [0.5, 0.6) is 0 Å². The Labute approximate surface area is 157 Å². The molecule has 1 aromatic carbocycles. The molecular weight excluding hydrogens is 344 g/mol. The van der Waals surface area contributed by atoms with Crippen LogP contribution in [0.4, 0.5) is 5.82 Å². The molecule has 2 heterocycles. The summed E-state index contributed by atoms with van der Waals surface area (Å²) in [6, 6.07) is 12.7. The van der Waals surface area contributed by atoms with Crippen LogP contribution in [0.3, 0.4) is 0 Å². The van der Waals surface area contributed by atoms with Crippen molar-refractivity contribution < 1.29 is 14.3 Å². The molecule has 2 atom stereocenters. The van der Waals surface area contributed by atoms with Crippen LogP contribution in [-0.2, 0) is 9.53 Å². The van der Waals surface area contributed by atoms with Gasteiger partial charge in [0, 0.05) is 11.5 Å². The number of carbonyl (C=O) groups excluding carboxylic acids is 2. The molecule has 0 saturated heterocycles. The molecule has 0 radical (unpaired) electrons. The Morgan fingerprint density at radius 2 is 1.93 bits per heavy atom. The molecule has 7 nitrogen and oxygen atoms in total. The Balaban J connectivity index is 1.67. The number of esters is 1. The van der Waals surface area contributed by atoms with Gasteiger partial charge >= 0.3 is 5.97 Å². The van der Waals surface area contributed by atoms with Gasteiger partial charge in [0.25, 0.3) is 5.91 Å². The molecular formula is C20H22N4O3. The molecule has 2 aromatic heterocycles. The van der Waals surface area contributed by atoms with Crippen molar-refractivity contribution in [1.29, 1.82) is 0 Å². The molecule has 3 aromatic rings. The average molecular weight is 366 g/mol. The highest BCUT2D eigenvalue weighted by Crippen LogP contribution is 2.17. The minimum atomic E-state index is -0.967. The Bertz CT molecular complexity index is 967. The van der Waals surface area contributed by atoms with Gasteiger partial charge in [-0.2, -0.15) is 5.10 Å². The number of anilines is 1. The van der Waals surface area contributed by atoms with Crippen LogP contribution in [0.2, 0.25) is 0 Å². The second kappa shape index (κ2) is 7.99. The quantitative estimate of drug-likeness (QED) is 0.674. The molecule has 0 bridgehead atoms. The highest BCUT2D eigenvalue weighted by atomic mass is 16.5. The van der Waals surface area contributed by atoms with E-state index in [1.54, 1.807) is 29.1 Å². The van der Waals surface area contributed by atoms with Crippen molar-refractivity contribution >= 4 is 28.6 Å². The van der Waals surface area contributed by atoms with Crippen LogP contribution in [0.1, 0.15) is 43.7 Å². The van der Waals surface area contributed by atoms with E-state index in [4.69, 9.17) is 4.74 Å². The van der Waals surface area contributed by atoms with E-state index < -0.39 is 18.0 Å². The highest BCUT2D eigenvalue weighted by molar-refractivity contribution is 5.97. The monoisotopic (exact) mass is 366 g/mol. The fourth-order valence-corrected chi connectivity index (χ4v) is 2.62. The van der Waals surface area contributed by atoms with Crippen LogP contribution in [-0.4, -0.2) is 32.7 Å². The number of ether oxygens (including phenoxy) is 1. The Morgan fingerprint density at radius 3 is 2.70 bits per heavy atom. The molecule has 7 heteroatoms. The first-order valence-electron chi connectivity index (χ1n) is 8.90. The molecule has 0 aliphatic rings. The van der Waals surface area contributed by atoms with E-state index in [-0.39, 0.29) is 11.7 Å². The van der Waals surface area contributed by atoms with Crippen molar-refractivity contribution in [2.24, 2.45) is 0 Å². The predicted octanol–water partition coefficient (Wildman–Crippen LogP) is 3.59. The van der Waals surface area contributed by atoms with Crippen molar-refractivity contribution in [3.8, 4) is 0 Å². The number of carbonyl (C=O) groups is 2. The van der Waals surface area contributed by atoms with Gasteiger partial charge in [-0.25, -0.2) is 14.5 Å². The molecule has 0 unspecified atom stereocenters. The van der Waals surface area contributed by atoms with Crippen LogP contribution in [0.25, 0.3) is 10.9 Å². The molecule has 0 fully saturated rings. The number of para-hydroxylation sites is 1. The number of rotatable bonds is 6. The third-order valence-corrected chi connectivity index (χ3v) is 4.39. The summed E-state index contributed by atoms with van der Waals surface area (Å²) in [5, 5.41) is 7.91. The fraction of sp³-hybridized carbons (Fsp3) is 0.300. The molecule has 1 N–H and O–H groups in total. The smallest absolute Gasteiger partial charge is 0.357 e. The van der Waals surface area contributed by atoms with E-state index in [1.165, 1.54) is 6.92 Å². The average Bonchev–Trinajstić information content (AvgIpc) is 3.14. The summed E-state index contributed by atoms with van der Waals surface area (Å²) in [5.41, 5.74) is 0.861. The molecule has 140 valence electrons. The van der Waals surface area contributed by atoms with Crippen molar-refractivity contribution in [3.05, 3.63) is 54.4 Å². The lowest BCUT2D eigenvalue weighted by Crippen LogP contribution is -2.31. The maximum Gasteiger partial charge on any atom is 0.357 e. The lowest BCUT2D eigenvalue weighted by molar-refractivity contribution is -0.123. The number of nitrogens with one attached hydrogen (secondary N) is 1. The van der Waals surface area contributed by atoms with Gasteiger partial charge in [0.15, 0.2) is 6.10 Å². The van der Waals surface area contributed by atoms with Gasteiger partial charge in [0.05, 0.1) is 17.8 Å². The van der Waals surface area contributed by atoms with Crippen molar-refractivity contribution in [2.75, 3.05) is 5.32 Å². The van der Waals surface area contributed by atoms with E-state index in [0.29, 0.717) is 11.3 Å². The van der Waals surface area contributed by atoms with Gasteiger partial charge in [-0.05, 0) is 32.4 Å². The van der Waals surface area contributed by atoms with E-state index in [9.17, 15) is 9.59 Å². The van der Waals surface area contributed by atoms with Crippen LogP contribution in [0, 0.1) is 0 Å². The first-order valence-corrected chi connectivity index (χ1v) is 8.90. The summed E-state index contributed by atoms with van der Waals surface area (Å²) in [6.07, 6.45) is 1.53. The summed E-state index contributed by atoms with van der Waals surface area (Å²) in [5.74, 6) is -0.492. The van der Waals surface area contributed by atoms with Crippen molar-refractivity contribution in [1.82, 2.24) is 14.8 Å². The second-order valence-corrected chi connectivity index (χ2v) is 6.34. The summed E-state index contributed by atoms with van der Waals surface area (Å²) >= 11 is 0. The minimum Gasteiger partial charge on any atom is -0.448 e. The van der Waals surface area contributed by atoms with Crippen molar-refractivity contribution in [2.45, 2.75) is 39.3 Å². The third kappa shape index (κ3) is 4.13. The predicted molar refractivity (Wildman–Crippen MR) is 102 cm³/mol. The standard InChI is InChI=1S/C20H22N4O3/c1-4-13(2)24-18(11-12-21-24)23-19(25)14(3)27-20(26)17-10-9-15-7-5-6-8-16(15)22-17/h5-14H,4H2,1-3H3,(H,23,25)/t13-,14-/m1/s1. The zero-order valence-corrected chi connectivity index (χ0v) is 15.5. The van der Waals surface area contributed by atoms with Gasteiger partial charge < -0.3 is 10.1 Å². The number of amides is 1. The summed E-state index contributed by atoms with van der Waals surface area (Å²) < 4.78 is 7.01. The van der Waals surface area contributed by atoms with Gasteiger partial charge in [-0.15, -0.1) is 0 Å². The van der Waals surface area contributed by atoms with E-state index in [2.05, 4.69) is 15.4 Å². The highest BCUT2D eigenvalue weighted by Gasteiger charge is 2.21. The minimum absolute atomic E-state index is 0.148. The molecule has 0 spiro atoms. The number of aromatic nitrogens is 3. The van der Waals surface area contributed by atoms with Crippen LogP contribution in [0.15, 0.2) is 48.7 Å². The number of fused-ring (bicyclic) bond motifs is 1. The SMILES string of the molecule is CC[C@@H](C)n1nccc1NC(=O)[C@@H](C)OC(=O)c1ccc2ccccc2n1. The van der Waals surface area contributed by atoms with Gasteiger partial charge in [0.1, 0.15) is 11.5 Å². The first kappa shape index (κ1) is 18.6. The lowest BCUT2D eigenvalue weighted by atomic mass is 10.2. The largest absolute Gasteiger partial charge is 0.448 e. The van der Waals surface area contributed by atoms with Crippen LogP contribution < -0.4 is 5.32 Å². The normalized spacial score (nSPS) is 13.1. The van der Waals surface area contributed by atoms with E-state index in [0.717, 1.165) is 11.8 Å². The molecule has 27 heavy (non-hydrogen) atoms. The number of hydrogen-bond donors (Lipinski definition) is 1. The van der Waals surface area contributed by atoms with Crippen LogP contribution >= 0.6 is 0 Å². The number of pyridine rings is 1. The molecule has 0 aliphatic carbocycles. The molecule has 3 rings (SSSR count). The van der Waals surface area contributed by atoms with E-state index >= 15 is 0 Å². The van der Waals surface area contributed by atoms with Gasteiger partial charge in [-0.1, -0.05) is 31.2 Å². The maximum absolute atomic E-state index is 12.4. The second-order valence-electron chi connectivity index (χ2n) is 6.34. The summed E-state index contributed by atoms with van der Waals surface area (Å²) in [7, 11) is 0. The molecule has 1 amide bonds. The van der Waals surface area contributed by atoms with Gasteiger partial charge in [0.2, 0.25) is 0 Å².